The van der Waals surface area contributed by atoms with Crippen LogP contribution in [0, 0.1) is 0 Å². The lowest BCUT2D eigenvalue weighted by Gasteiger charge is -2.18. The van der Waals surface area contributed by atoms with Crippen molar-refractivity contribution in [2.45, 2.75) is 19.3 Å². The van der Waals surface area contributed by atoms with E-state index >= 15 is 0 Å². The van der Waals surface area contributed by atoms with Crippen molar-refractivity contribution < 1.29 is 4.79 Å². The van der Waals surface area contributed by atoms with Gasteiger partial charge in [-0.3, -0.25) is 9.78 Å². The molecule has 1 aliphatic rings. The normalized spacial score (nSPS) is 13.1. The molecule has 4 heteroatoms. The van der Waals surface area contributed by atoms with Gasteiger partial charge >= 0.3 is 0 Å². The summed E-state index contributed by atoms with van der Waals surface area (Å²) in [6.07, 6.45) is 6.53. The van der Waals surface area contributed by atoms with E-state index in [4.69, 9.17) is 0 Å². The zero-order valence-electron chi connectivity index (χ0n) is 11.9. The zero-order valence-corrected chi connectivity index (χ0v) is 11.9. The highest BCUT2D eigenvalue weighted by Crippen LogP contribution is 2.22. The standard InChI is InChI=1S/C17H19N3O/c21-17(20-11-7-13-5-9-18-10-6-13)15-3-4-16-14(12-15)2-1-8-19-16/h3-6,9-10,12,19H,1-2,7-8,11H2,(H,20,21). The number of nitrogens with one attached hydrogen (secondary N) is 2. The van der Waals surface area contributed by atoms with E-state index in [9.17, 15) is 4.79 Å². The van der Waals surface area contributed by atoms with E-state index in [2.05, 4.69) is 15.6 Å². The van der Waals surface area contributed by atoms with Crippen molar-refractivity contribution in [2.24, 2.45) is 0 Å². The van der Waals surface area contributed by atoms with Gasteiger partial charge in [-0.15, -0.1) is 0 Å². The van der Waals surface area contributed by atoms with Crippen LogP contribution in [0.25, 0.3) is 0 Å². The highest BCUT2D eigenvalue weighted by atomic mass is 16.1. The molecule has 2 aromatic rings. The Hall–Kier alpha value is -2.36. The van der Waals surface area contributed by atoms with Gasteiger partial charge in [-0.05, 0) is 60.7 Å². The fourth-order valence-electron chi connectivity index (χ4n) is 2.59. The summed E-state index contributed by atoms with van der Waals surface area (Å²) in [5.41, 5.74) is 4.32. The van der Waals surface area contributed by atoms with Gasteiger partial charge in [0.2, 0.25) is 0 Å². The van der Waals surface area contributed by atoms with Crippen LogP contribution in [0.2, 0.25) is 0 Å². The summed E-state index contributed by atoms with van der Waals surface area (Å²) in [7, 11) is 0. The lowest BCUT2D eigenvalue weighted by Crippen LogP contribution is -2.26. The third-order valence-corrected chi connectivity index (χ3v) is 3.75. The number of amides is 1. The second kappa shape index (κ2) is 6.39. The van der Waals surface area contributed by atoms with Crippen LogP contribution in [0.4, 0.5) is 5.69 Å². The van der Waals surface area contributed by atoms with Gasteiger partial charge in [0.05, 0.1) is 0 Å². The second-order valence-electron chi connectivity index (χ2n) is 5.26. The molecule has 0 fully saturated rings. The first kappa shape index (κ1) is 13.6. The lowest BCUT2D eigenvalue weighted by atomic mass is 10.0. The van der Waals surface area contributed by atoms with Crippen LogP contribution < -0.4 is 10.6 Å². The topological polar surface area (TPSA) is 54.0 Å². The average molecular weight is 281 g/mol. The molecule has 0 atom stereocenters. The Bertz CT molecular complexity index is 625. The lowest BCUT2D eigenvalue weighted by molar-refractivity contribution is 0.0954. The van der Waals surface area contributed by atoms with Crippen molar-refractivity contribution in [3.8, 4) is 0 Å². The fraction of sp³-hybridized carbons (Fsp3) is 0.294. The first-order valence-corrected chi connectivity index (χ1v) is 7.37. The van der Waals surface area contributed by atoms with Crippen molar-refractivity contribution in [3.63, 3.8) is 0 Å². The van der Waals surface area contributed by atoms with Crippen LogP contribution in [0.15, 0.2) is 42.7 Å². The number of hydrogen-bond donors (Lipinski definition) is 2. The fourth-order valence-corrected chi connectivity index (χ4v) is 2.59. The van der Waals surface area contributed by atoms with E-state index < -0.39 is 0 Å². The maximum atomic E-state index is 12.2. The molecule has 0 aliphatic carbocycles. The highest BCUT2D eigenvalue weighted by molar-refractivity contribution is 5.95. The molecule has 0 radical (unpaired) electrons. The predicted molar refractivity (Wildman–Crippen MR) is 83.5 cm³/mol. The van der Waals surface area contributed by atoms with Crippen molar-refractivity contribution in [1.29, 1.82) is 0 Å². The number of benzene rings is 1. The number of pyridine rings is 1. The number of carbonyl (C=O) groups is 1. The highest BCUT2D eigenvalue weighted by Gasteiger charge is 2.12. The quantitative estimate of drug-likeness (QED) is 0.905. The number of carbonyl (C=O) groups excluding carboxylic acids is 1. The molecule has 1 aliphatic heterocycles. The Morgan fingerprint density at radius 3 is 2.95 bits per heavy atom. The first-order valence-electron chi connectivity index (χ1n) is 7.37. The third-order valence-electron chi connectivity index (χ3n) is 3.75. The van der Waals surface area contributed by atoms with Crippen LogP contribution in [0.1, 0.15) is 27.9 Å². The van der Waals surface area contributed by atoms with Gasteiger partial charge in [0.25, 0.3) is 5.91 Å². The summed E-state index contributed by atoms with van der Waals surface area (Å²) < 4.78 is 0. The molecule has 1 amide bonds. The number of rotatable bonds is 4. The van der Waals surface area contributed by atoms with Crippen molar-refractivity contribution in [2.75, 3.05) is 18.4 Å². The van der Waals surface area contributed by atoms with Crippen LogP contribution in [-0.4, -0.2) is 24.0 Å². The Labute approximate surface area is 124 Å². The largest absolute Gasteiger partial charge is 0.385 e. The number of fused-ring (bicyclic) bond motifs is 1. The van der Waals surface area contributed by atoms with E-state index in [1.807, 2.05) is 30.3 Å². The molecular formula is C17H19N3O. The molecule has 1 aromatic carbocycles. The third kappa shape index (κ3) is 3.40. The number of hydrogen-bond acceptors (Lipinski definition) is 3. The van der Waals surface area contributed by atoms with Crippen LogP contribution in [0.5, 0.6) is 0 Å². The molecule has 0 saturated carbocycles. The molecule has 0 saturated heterocycles. The number of nitrogens with zero attached hydrogens (tertiary/aromatic N) is 1. The van der Waals surface area contributed by atoms with E-state index in [0.29, 0.717) is 6.54 Å². The molecule has 0 bridgehead atoms. The molecule has 1 aromatic heterocycles. The zero-order chi connectivity index (χ0) is 14.5. The van der Waals surface area contributed by atoms with E-state index in [-0.39, 0.29) is 5.91 Å². The van der Waals surface area contributed by atoms with Crippen molar-refractivity contribution in [3.05, 3.63) is 59.4 Å². The van der Waals surface area contributed by atoms with Gasteiger partial charge in [-0.25, -0.2) is 0 Å². The monoisotopic (exact) mass is 281 g/mol. The van der Waals surface area contributed by atoms with Gasteiger partial charge < -0.3 is 10.6 Å². The Morgan fingerprint density at radius 2 is 2.10 bits per heavy atom. The number of anilines is 1. The molecule has 3 rings (SSSR count). The van der Waals surface area contributed by atoms with Crippen LogP contribution in [-0.2, 0) is 12.8 Å². The summed E-state index contributed by atoms with van der Waals surface area (Å²) in [5.74, 6) is -0.00238. The number of aromatic nitrogens is 1. The first-order chi connectivity index (χ1) is 10.3. The van der Waals surface area contributed by atoms with E-state index in [0.717, 1.165) is 37.1 Å². The summed E-state index contributed by atoms with van der Waals surface area (Å²) in [5, 5.41) is 6.33. The maximum absolute atomic E-state index is 12.2. The Kier molecular flexibility index (Phi) is 4.15. The smallest absolute Gasteiger partial charge is 0.251 e. The van der Waals surface area contributed by atoms with Crippen molar-refractivity contribution in [1.82, 2.24) is 10.3 Å². The van der Waals surface area contributed by atoms with E-state index in [1.165, 1.54) is 11.1 Å². The molecule has 2 N–H and O–H groups in total. The Morgan fingerprint density at radius 1 is 1.24 bits per heavy atom. The van der Waals surface area contributed by atoms with Gasteiger partial charge in [-0.1, -0.05) is 0 Å². The molecule has 0 spiro atoms. The summed E-state index contributed by atoms with van der Waals surface area (Å²) in [4.78, 5) is 16.2. The minimum absolute atomic E-state index is 0.00238. The van der Waals surface area contributed by atoms with Crippen molar-refractivity contribution >= 4 is 11.6 Å². The second-order valence-corrected chi connectivity index (χ2v) is 5.26. The van der Waals surface area contributed by atoms with Crippen LogP contribution >= 0.6 is 0 Å². The molecular weight excluding hydrogens is 262 g/mol. The minimum Gasteiger partial charge on any atom is -0.385 e. The van der Waals surface area contributed by atoms with Gasteiger partial charge in [0.15, 0.2) is 0 Å². The van der Waals surface area contributed by atoms with E-state index in [1.54, 1.807) is 12.4 Å². The molecule has 108 valence electrons. The summed E-state index contributed by atoms with van der Waals surface area (Å²) in [6, 6.07) is 9.84. The average Bonchev–Trinajstić information content (AvgIpc) is 2.55. The predicted octanol–water partition coefficient (Wildman–Crippen LogP) is 2.41. The Balaban J connectivity index is 1.58. The minimum atomic E-state index is -0.00238. The molecule has 4 nitrogen and oxygen atoms in total. The maximum Gasteiger partial charge on any atom is 0.251 e. The summed E-state index contributed by atoms with van der Waals surface area (Å²) in [6.45, 7) is 1.66. The van der Waals surface area contributed by atoms with Gasteiger partial charge in [0.1, 0.15) is 0 Å². The summed E-state index contributed by atoms with van der Waals surface area (Å²) >= 11 is 0. The van der Waals surface area contributed by atoms with Gasteiger partial charge in [0, 0.05) is 36.7 Å². The van der Waals surface area contributed by atoms with Crippen LogP contribution in [0.3, 0.4) is 0 Å². The molecule has 2 heterocycles. The van der Waals surface area contributed by atoms with Gasteiger partial charge in [-0.2, -0.15) is 0 Å². The molecule has 0 unspecified atom stereocenters. The molecule has 21 heavy (non-hydrogen) atoms. The number of aryl methyl sites for hydroxylation is 1. The SMILES string of the molecule is O=C(NCCc1ccncc1)c1ccc2c(c1)CCCN2.